The number of hydrogen-bond acceptors (Lipinski definition) is 5. The zero-order chi connectivity index (χ0) is 13.3. The lowest BCUT2D eigenvalue weighted by atomic mass is 10.1. The van der Waals surface area contributed by atoms with Crippen molar-refractivity contribution < 1.29 is 4.92 Å². The number of nitrogens with zero attached hydrogens (tertiary/aromatic N) is 3. The van der Waals surface area contributed by atoms with E-state index in [2.05, 4.69) is 29.0 Å². The van der Waals surface area contributed by atoms with Gasteiger partial charge in [-0.15, -0.1) is 0 Å². The number of anilines is 1. The summed E-state index contributed by atoms with van der Waals surface area (Å²) in [6, 6.07) is 4.06. The highest BCUT2D eigenvalue weighted by Gasteiger charge is 2.23. The van der Waals surface area contributed by atoms with Crippen LogP contribution in [-0.2, 0) is 0 Å². The minimum atomic E-state index is -0.394. The monoisotopic (exact) mass is 250 g/mol. The molecule has 1 fully saturated rings. The number of nitro groups is 1. The molecule has 2 heterocycles. The van der Waals surface area contributed by atoms with Crippen LogP contribution in [0.5, 0.6) is 0 Å². The molecular weight excluding hydrogens is 232 g/mol. The number of hydrogen-bond donors (Lipinski definition) is 1. The smallest absolute Gasteiger partial charge is 0.290 e. The van der Waals surface area contributed by atoms with Gasteiger partial charge < -0.3 is 10.2 Å². The molecule has 1 aliphatic heterocycles. The molecule has 1 aromatic heterocycles. The number of aromatic nitrogens is 1. The maximum atomic E-state index is 10.8. The summed E-state index contributed by atoms with van der Waals surface area (Å²) in [6.45, 7) is 7.67. The fourth-order valence-corrected chi connectivity index (χ4v) is 2.42. The minimum Gasteiger partial charge on any atom is -0.354 e. The van der Waals surface area contributed by atoms with Crippen LogP contribution in [0, 0.1) is 17.0 Å². The normalized spacial score (nSPS) is 24.1. The van der Waals surface area contributed by atoms with Gasteiger partial charge in [0.25, 0.3) is 5.69 Å². The fraction of sp³-hybridized carbons (Fsp3) is 0.583. The van der Waals surface area contributed by atoms with E-state index >= 15 is 0 Å². The molecule has 0 aliphatic carbocycles. The van der Waals surface area contributed by atoms with Crippen LogP contribution in [0.15, 0.2) is 12.1 Å². The first kappa shape index (κ1) is 12.8. The summed E-state index contributed by atoms with van der Waals surface area (Å²) in [4.78, 5) is 16.9. The highest BCUT2D eigenvalue weighted by atomic mass is 16.6. The van der Waals surface area contributed by atoms with Crippen molar-refractivity contribution in [2.45, 2.75) is 32.9 Å². The van der Waals surface area contributed by atoms with Gasteiger partial charge in [-0.1, -0.05) is 0 Å². The van der Waals surface area contributed by atoms with E-state index in [1.54, 1.807) is 13.0 Å². The average Bonchev–Trinajstić information content (AvgIpc) is 2.26. The van der Waals surface area contributed by atoms with E-state index in [1.807, 2.05) is 0 Å². The average molecular weight is 250 g/mol. The van der Waals surface area contributed by atoms with Crippen molar-refractivity contribution in [2.24, 2.45) is 0 Å². The highest BCUT2D eigenvalue weighted by Crippen LogP contribution is 2.21. The van der Waals surface area contributed by atoms with Crippen molar-refractivity contribution in [1.82, 2.24) is 10.3 Å². The SMILES string of the molecule is Cc1nc(N2CC(C)NC(C)C2)ccc1[N+](=O)[O-]. The molecule has 1 aromatic rings. The Morgan fingerprint density at radius 1 is 1.39 bits per heavy atom. The van der Waals surface area contributed by atoms with Gasteiger partial charge in [-0.2, -0.15) is 0 Å². The molecule has 18 heavy (non-hydrogen) atoms. The second-order valence-electron chi connectivity index (χ2n) is 4.90. The first-order valence-electron chi connectivity index (χ1n) is 6.10. The molecule has 2 unspecified atom stereocenters. The van der Waals surface area contributed by atoms with Gasteiger partial charge in [-0.25, -0.2) is 4.98 Å². The van der Waals surface area contributed by atoms with Crippen molar-refractivity contribution in [3.05, 3.63) is 27.9 Å². The van der Waals surface area contributed by atoms with Gasteiger partial charge in [0, 0.05) is 31.2 Å². The summed E-state index contributed by atoms with van der Waals surface area (Å²) in [5.41, 5.74) is 0.548. The molecule has 0 amide bonds. The van der Waals surface area contributed by atoms with Crippen LogP contribution in [0.25, 0.3) is 0 Å². The fourth-order valence-electron chi connectivity index (χ4n) is 2.42. The molecule has 2 atom stereocenters. The number of nitrogens with one attached hydrogen (secondary N) is 1. The quantitative estimate of drug-likeness (QED) is 0.636. The summed E-state index contributed by atoms with van der Waals surface area (Å²) in [5.74, 6) is 0.818. The third-order valence-electron chi connectivity index (χ3n) is 3.12. The van der Waals surface area contributed by atoms with E-state index in [0.717, 1.165) is 18.9 Å². The Hall–Kier alpha value is -1.69. The molecule has 0 bridgehead atoms. The first-order valence-corrected chi connectivity index (χ1v) is 6.10. The summed E-state index contributed by atoms with van der Waals surface area (Å²) in [6.07, 6.45) is 0. The van der Waals surface area contributed by atoms with Gasteiger partial charge in [-0.05, 0) is 26.8 Å². The van der Waals surface area contributed by atoms with Gasteiger partial charge in [0.1, 0.15) is 11.5 Å². The van der Waals surface area contributed by atoms with E-state index in [9.17, 15) is 10.1 Å². The molecule has 1 aliphatic rings. The van der Waals surface area contributed by atoms with Gasteiger partial charge in [0.05, 0.1) is 4.92 Å². The standard InChI is InChI=1S/C12H18N4O2/c1-8-6-15(7-9(2)13-8)12-5-4-11(16(17)18)10(3)14-12/h4-5,8-9,13H,6-7H2,1-3H3. The lowest BCUT2D eigenvalue weighted by molar-refractivity contribution is -0.385. The zero-order valence-corrected chi connectivity index (χ0v) is 10.9. The molecule has 2 rings (SSSR count). The Kier molecular flexibility index (Phi) is 3.47. The van der Waals surface area contributed by atoms with Crippen LogP contribution in [-0.4, -0.2) is 35.1 Å². The second kappa shape index (κ2) is 4.89. The minimum absolute atomic E-state index is 0.0787. The summed E-state index contributed by atoms with van der Waals surface area (Å²) in [7, 11) is 0. The molecule has 0 radical (unpaired) electrons. The molecule has 1 N–H and O–H groups in total. The molecule has 1 saturated heterocycles. The van der Waals surface area contributed by atoms with Gasteiger partial charge in [0.15, 0.2) is 0 Å². The van der Waals surface area contributed by atoms with Gasteiger partial charge >= 0.3 is 0 Å². The molecule has 0 spiro atoms. The predicted molar refractivity (Wildman–Crippen MR) is 69.9 cm³/mol. The molecular formula is C12H18N4O2. The molecule has 0 aromatic carbocycles. The Morgan fingerprint density at radius 3 is 2.50 bits per heavy atom. The maximum absolute atomic E-state index is 10.8. The van der Waals surface area contributed by atoms with Gasteiger partial charge in [0.2, 0.25) is 0 Å². The lowest BCUT2D eigenvalue weighted by Gasteiger charge is -2.36. The van der Waals surface area contributed by atoms with Crippen LogP contribution in [0.2, 0.25) is 0 Å². The third-order valence-corrected chi connectivity index (χ3v) is 3.12. The molecule has 0 saturated carbocycles. The molecule has 6 heteroatoms. The second-order valence-corrected chi connectivity index (χ2v) is 4.90. The van der Waals surface area contributed by atoms with E-state index in [0.29, 0.717) is 17.8 Å². The first-order chi connectivity index (χ1) is 8.47. The van der Waals surface area contributed by atoms with Crippen molar-refractivity contribution in [1.29, 1.82) is 0 Å². The van der Waals surface area contributed by atoms with E-state index in [4.69, 9.17) is 0 Å². The Balaban J connectivity index is 2.23. The predicted octanol–water partition coefficient (Wildman–Crippen LogP) is 1.48. The Morgan fingerprint density at radius 2 is 2.00 bits per heavy atom. The number of aryl methyl sites for hydroxylation is 1. The lowest BCUT2D eigenvalue weighted by Crippen LogP contribution is -2.54. The Bertz CT molecular complexity index is 453. The van der Waals surface area contributed by atoms with Crippen LogP contribution < -0.4 is 10.2 Å². The van der Waals surface area contributed by atoms with Crippen molar-refractivity contribution in [2.75, 3.05) is 18.0 Å². The number of rotatable bonds is 2. The van der Waals surface area contributed by atoms with E-state index in [-0.39, 0.29) is 5.69 Å². The van der Waals surface area contributed by atoms with Crippen molar-refractivity contribution in [3.8, 4) is 0 Å². The summed E-state index contributed by atoms with van der Waals surface area (Å²) in [5, 5.41) is 14.2. The largest absolute Gasteiger partial charge is 0.354 e. The summed E-state index contributed by atoms with van der Waals surface area (Å²) < 4.78 is 0. The zero-order valence-electron chi connectivity index (χ0n) is 10.9. The number of piperazine rings is 1. The van der Waals surface area contributed by atoms with E-state index < -0.39 is 4.92 Å². The molecule has 98 valence electrons. The van der Waals surface area contributed by atoms with E-state index in [1.165, 1.54) is 6.07 Å². The van der Waals surface area contributed by atoms with Crippen LogP contribution >= 0.6 is 0 Å². The van der Waals surface area contributed by atoms with Crippen molar-refractivity contribution in [3.63, 3.8) is 0 Å². The van der Waals surface area contributed by atoms with Crippen molar-refractivity contribution >= 4 is 11.5 Å². The van der Waals surface area contributed by atoms with Gasteiger partial charge in [-0.3, -0.25) is 10.1 Å². The number of pyridine rings is 1. The maximum Gasteiger partial charge on any atom is 0.290 e. The van der Waals surface area contributed by atoms with Crippen LogP contribution in [0.4, 0.5) is 11.5 Å². The van der Waals surface area contributed by atoms with Crippen LogP contribution in [0.3, 0.4) is 0 Å². The molecule has 6 nitrogen and oxygen atoms in total. The highest BCUT2D eigenvalue weighted by molar-refractivity contribution is 5.47. The topological polar surface area (TPSA) is 71.3 Å². The third kappa shape index (κ3) is 2.59. The summed E-state index contributed by atoms with van der Waals surface area (Å²) >= 11 is 0. The van der Waals surface area contributed by atoms with Crippen LogP contribution in [0.1, 0.15) is 19.5 Å². The Labute approximate surface area is 106 Å².